The molecule has 3 aromatic carbocycles. The van der Waals surface area contributed by atoms with Crippen molar-refractivity contribution in [3.05, 3.63) is 89.8 Å². The first-order chi connectivity index (χ1) is 22.2. The minimum atomic E-state index is -0.332. The van der Waals surface area contributed by atoms with Gasteiger partial charge in [0.2, 0.25) is 0 Å². The number of aromatic nitrogens is 1. The lowest BCUT2D eigenvalue weighted by Gasteiger charge is -2.22. The van der Waals surface area contributed by atoms with Crippen LogP contribution in [0, 0.1) is 0 Å². The number of fused-ring (bicyclic) bond motifs is 2. The Bertz CT molecular complexity index is 1830. The number of aromatic amines is 1. The van der Waals surface area contributed by atoms with Gasteiger partial charge in [-0.05, 0) is 99.9 Å². The number of benzene rings is 3. The molecule has 0 bridgehead atoms. The molecule has 12 heteroatoms. The van der Waals surface area contributed by atoms with Crippen molar-refractivity contribution in [2.45, 2.75) is 6.42 Å². The van der Waals surface area contributed by atoms with Gasteiger partial charge in [0.15, 0.2) is 5.76 Å². The number of nitrogens with one attached hydrogen (secondary N) is 4. The highest BCUT2D eigenvalue weighted by atomic mass is 35.5. The van der Waals surface area contributed by atoms with Crippen molar-refractivity contribution >= 4 is 79.9 Å². The number of carbonyl (C=O) groups excluding carboxylic acids is 3. The van der Waals surface area contributed by atoms with Crippen LogP contribution in [0.1, 0.15) is 37.8 Å². The zero-order valence-corrected chi connectivity index (χ0v) is 27.2. The second kappa shape index (κ2) is 15.2. The zero-order chi connectivity index (χ0) is 32.6. The fraction of sp³-hybridized carbons (Fsp3) is 0.265. The molecule has 2 heterocycles. The smallest absolute Gasteiger partial charge is 0.287 e. The van der Waals surface area contributed by atoms with E-state index in [1.807, 2.05) is 38.4 Å². The molecule has 0 saturated heterocycles. The summed E-state index contributed by atoms with van der Waals surface area (Å²) in [4.78, 5) is 45.8. The summed E-state index contributed by atoms with van der Waals surface area (Å²) in [6.07, 6.45) is 0.832. The zero-order valence-electron chi connectivity index (χ0n) is 25.7. The number of anilines is 3. The van der Waals surface area contributed by atoms with Crippen molar-refractivity contribution in [3.63, 3.8) is 0 Å². The summed E-state index contributed by atoms with van der Waals surface area (Å²) in [6, 6.07) is 21.3. The Labute approximate surface area is 277 Å². The molecule has 3 amide bonds. The van der Waals surface area contributed by atoms with Gasteiger partial charge in [-0.3, -0.25) is 14.4 Å². The highest BCUT2D eigenvalue weighted by molar-refractivity contribution is 6.18. The van der Waals surface area contributed by atoms with Gasteiger partial charge in [-0.1, -0.05) is 0 Å². The maximum atomic E-state index is 13.1. The fourth-order valence-electron chi connectivity index (χ4n) is 5.05. The first-order valence-electron chi connectivity index (χ1n) is 14.9. The molecule has 0 spiro atoms. The van der Waals surface area contributed by atoms with Gasteiger partial charge in [-0.25, -0.2) is 0 Å². The van der Waals surface area contributed by atoms with Crippen LogP contribution in [0.5, 0.6) is 0 Å². The Balaban J connectivity index is 1.21. The minimum absolute atomic E-state index is 0.218. The third kappa shape index (κ3) is 8.20. The van der Waals surface area contributed by atoms with Gasteiger partial charge in [-0.15, -0.1) is 23.2 Å². The molecule has 4 N–H and O–H groups in total. The normalized spacial score (nSPS) is 11.2. The van der Waals surface area contributed by atoms with E-state index in [2.05, 4.69) is 30.7 Å². The van der Waals surface area contributed by atoms with Crippen LogP contribution in [-0.4, -0.2) is 79.6 Å². The van der Waals surface area contributed by atoms with Crippen molar-refractivity contribution in [3.8, 4) is 0 Å². The molecular formula is C34H36Cl2N6O4. The van der Waals surface area contributed by atoms with Gasteiger partial charge in [0.1, 0.15) is 11.3 Å². The molecule has 0 aliphatic carbocycles. The summed E-state index contributed by atoms with van der Waals surface area (Å²) in [5.41, 5.74) is 4.27. The number of nitrogens with zero attached hydrogens (tertiary/aromatic N) is 2. The summed E-state index contributed by atoms with van der Waals surface area (Å²) >= 11 is 11.8. The van der Waals surface area contributed by atoms with E-state index in [9.17, 15) is 14.4 Å². The molecule has 2 aromatic heterocycles. The summed E-state index contributed by atoms with van der Waals surface area (Å²) in [7, 11) is 3.97. The second-order valence-electron chi connectivity index (χ2n) is 11.1. The largest absolute Gasteiger partial charge is 0.451 e. The maximum Gasteiger partial charge on any atom is 0.287 e. The number of rotatable bonds is 14. The Kier molecular flexibility index (Phi) is 10.8. The molecule has 5 aromatic rings. The second-order valence-corrected chi connectivity index (χ2v) is 11.8. The molecule has 10 nitrogen and oxygen atoms in total. The Morgan fingerprint density at radius 2 is 1.43 bits per heavy atom. The quantitative estimate of drug-likeness (QED) is 0.0808. The SMILES string of the molecule is CN(C)CCCNC(=O)c1cc2cc(NC(=O)c3cc4cc(NC(=O)c5ccc(N(CCCl)CCCl)cc5)ccc4[nH]3)ccc2o1. The number of H-pyrrole nitrogens is 1. The van der Waals surface area contributed by atoms with Crippen molar-refractivity contribution < 1.29 is 18.8 Å². The fourth-order valence-corrected chi connectivity index (χ4v) is 5.46. The highest BCUT2D eigenvalue weighted by Crippen LogP contribution is 2.25. The molecular weight excluding hydrogens is 627 g/mol. The molecule has 0 fully saturated rings. The highest BCUT2D eigenvalue weighted by Gasteiger charge is 2.15. The molecule has 46 heavy (non-hydrogen) atoms. The van der Waals surface area contributed by atoms with Crippen LogP contribution < -0.4 is 20.9 Å². The van der Waals surface area contributed by atoms with Crippen molar-refractivity contribution in [2.24, 2.45) is 0 Å². The van der Waals surface area contributed by atoms with Gasteiger partial charge in [0.25, 0.3) is 17.7 Å². The number of amides is 3. The van der Waals surface area contributed by atoms with Crippen molar-refractivity contribution in [1.29, 1.82) is 0 Å². The lowest BCUT2D eigenvalue weighted by atomic mass is 10.1. The summed E-state index contributed by atoms with van der Waals surface area (Å²) in [6.45, 7) is 2.74. The molecule has 0 unspecified atom stereocenters. The van der Waals surface area contributed by atoms with E-state index in [-0.39, 0.29) is 23.5 Å². The van der Waals surface area contributed by atoms with Crippen LogP contribution in [0.25, 0.3) is 21.9 Å². The van der Waals surface area contributed by atoms with Gasteiger partial charge >= 0.3 is 0 Å². The monoisotopic (exact) mass is 662 g/mol. The predicted octanol–water partition coefficient (Wildman–Crippen LogP) is 6.38. The van der Waals surface area contributed by atoms with E-state index < -0.39 is 0 Å². The third-order valence-electron chi connectivity index (χ3n) is 7.39. The lowest BCUT2D eigenvalue weighted by Crippen LogP contribution is -2.27. The topological polar surface area (TPSA) is 123 Å². The van der Waals surface area contributed by atoms with Crippen LogP contribution in [0.15, 0.2) is 77.2 Å². The van der Waals surface area contributed by atoms with Gasteiger partial charge in [-0.2, -0.15) is 0 Å². The van der Waals surface area contributed by atoms with Crippen LogP contribution >= 0.6 is 23.2 Å². The number of carbonyl (C=O) groups is 3. The Morgan fingerprint density at radius 3 is 2.13 bits per heavy atom. The third-order valence-corrected chi connectivity index (χ3v) is 7.73. The average molecular weight is 664 g/mol. The van der Waals surface area contributed by atoms with Crippen LogP contribution in [0.3, 0.4) is 0 Å². The predicted molar refractivity (Wildman–Crippen MR) is 186 cm³/mol. The van der Waals surface area contributed by atoms with Gasteiger partial charge in [0, 0.05) is 70.3 Å². The first-order valence-corrected chi connectivity index (χ1v) is 16.0. The number of halogens is 2. The Morgan fingerprint density at radius 1 is 0.761 bits per heavy atom. The van der Waals surface area contributed by atoms with Crippen LogP contribution in [0.2, 0.25) is 0 Å². The average Bonchev–Trinajstić information content (AvgIpc) is 3.67. The molecule has 0 saturated carbocycles. The molecule has 0 aliphatic rings. The standard InChI is InChI=1S/C34H36Cl2N6O4/c1-41(2)15-3-14-37-34(45)31-21-24-19-26(7-11-30(24)46-31)39-33(44)29-20-23-18-25(6-10-28(23)40-29)38-32(43)22-4-8-27(9-5-22)42(16-12-35)17-13-36/h4-11,18-21,40H,3,12-17H2,1-2H3,(H,37,45)(H,38,43)(H,39,44). The molecule has 5 rings (SSSR count). The van der Waals surface area contributed by atoms with E-state index in [1.165, 1.54) is 0 Å². The number of alkyl halides is 2. The molecule has 0 atom stereocenters. The molecule has 240 valence electrons. The molecule has 0 radical (unpaired) electrons. The summed E-state index contributed by atoms with van der Waals surface area (Å²) in [5, 5.41) is 10.2. The van der Waals surface area contributed by atoms with Crippen molar-refractivity contribution in [1.82, 2.24) is 15.2 Å². The van der Waals surface area contributed by atoms with E-state index in [4.69, 9.17) is 27.6 Å². The number of hydrogen-bond acceptors (Lipinski definition) is 6. The van der Waals surface area contributed by atoms with Gasteiger partial charge in [0.05, 0.1) is 0 Å². The minimum Gasteiger partial charge on any atom is -0.451 e. The van der Waals surface area contributed by atoms with E-state index in [0.717, 1.165) is 29.6 Å². The number of furan rings is 1. The maximum absolute atomic E-state index is 13.1. The van der Waals surface area contributed by atoms with E-state index in [0.29, 0.717) is 65.0 Å². The van der Waals surface area contributed by atoms with Crippen LogP contribution in [0.4, 0.5) is 17.1 Å². The van der Waals surface area contributed by atoms with Gasteiger partial charge < -0.3 is 35.2 Å². The van der Waals surface area contributed by atoms with Crippen molar-refractivity contribution in [2.75, 3.05) is 67.6 Å². The summed E-state index contributed by atoms with van der Waals surface area (Å²) in [5.74, 6) is 0.312. The Hall–Kier alpha value is -4.51. The number of hydrogen-bond donors (Lipinski definition) is 4. The summed E-state index contributed by atoms with van der Waals surface area (Å²) < 4.78 is 5.71. The van der Waals surface area contributed by atoms with E-state index >= 15 is 0 Å². The van der Waals surface area contributed by atoms with Crippen LogP contribution in [-0.2, 0) is 0 Å². The van der Waals surface area contributed by atoms with E-state index in [1.54, 1.807) is 48.5 Å². The molecule has 0 aliphatic heterocycles. The first kappa shape index (κ1) is 32.9. The lowest BCUT2D eigenvalue weighted by molar-refractivity contribution is 0.0925.